The summed E-state index contributed by atoms with van der Waals surface area (Å²) in [5.74, 6) is -0.128. The summed E-state index contributed by atoms with van der Waals surface area (Å²) in [5, 5.41) is 12.9. The van der Waals surface area contributed by atoms with Crippen LogP contribution in [0.2, 0.25) is 0 Å². The van der Waals surface area contributed by atoms with Gasteiger partial charge in [0.25, 0.3) is 5.89 Å². The van der Waals surface area contributed by atoms with Crippen molar-refractivity contribution in [1.29, 1.82) is 0 Å². The molecular formula is C13H10N4O4. The number of hydrogen-bond donors (Lipinski definition) is 2. The molecule has 8 heteroatoms. The predicted molar refractivity (Wildman–Crippen MR) is 70.8 cm³/mol. The van der Waals surface area contributed by atoms with Gasteiger partial charge in [-0.3, -0.25) is 0 Å². The molecule has 0 saturated heterocycles. The largest absolute Gasteiger partial charge is 0.497 e. The quantitative estimate of drug-likeness (QED) is 0.751. The van der Waals surface area contributed by atoms with Crippen molar-refractivity contribution >= 4 is 5.97 Å². The minimum absolute atomic E-state index is 0.0581. The number of aromatic nitrogens is 4. The number of methoxy groups -OCH3 is 1. The number of benzene rings is 1. The van der Waals surface area contributed by atoms with Crippen molar-refractivity contribution in [3.8, 4) is 28.7 Å². The van der Waals surface area contributed by atoms with Crippen molar-refractivity contribution in [2.45, 2.75) is 0 Å². The van der Waals surface area contributed by atoms with Gasteiger partial charge in [0.15, 0.2) is 5.69 Å². The zero-order chi connectivity index (χ0) is 14.8. The van der Waals surface area contributed by atoms with E-state index in [0.717, 1.165) is 0 Å². The van der Waals surface area contributed by atoms with Crippen LogP contribution in [-0.2, 0) is 0 Å². The van der Waals surface area contributed by atoms with E-state index in [9.17, 15) is 4.79 Å². The van der Waals surface area contributed by atoms with Crippen molar-refractivity contribution < 1.29 is 19.2 Å². The molecule has 2 heterocycles. The highest BCUT2D eigenvalue weighted by molar-refractivity contribution is 5.91. The third kappa shape index (κ3) is 2.34. The number of carbonyl (C=O) groups is 1. The highest BCUT2D eigenvalue weighted by atomic mass is 16.5. The minimum atomic E-state index is -1.17. The molecule has 0 unspecified atom stereocenters. The maximum absolute atomic E-state index is 11.0. The summed E-state index contributed by atoms with van der Waals surface area (Å²) in [7, 11) is 1.56. The van der Waals surface area contributed by atoms with Crippen molar-refractivity contribution in [2.24, 2.45) is 0 Å². The number of rotatable bonds is 4. The van der Waals surface area contributed by atoms with Gasteiger partial charge in [-0.25, -0.2) is 9.78 Å². The number of carboxylic acid groups (broad SMARTS) is 1. The molecule has 2 aromatic heterocycles. The van der Waals surface area contributed by atoms with E-state index in [4.69, 9.17) is 14.4 Å². The number of hydrogen-bond acceptors (Lipinski definition) is 6. The van der Waals surface area contributed by atoms with Gasteiger partial charge in [0.05, 0.1) is 13.4 Å². The Morgan fingerprint density at radius 1 is 1.43 bits per heavy atom. The summed E-state index contributed by atoms with van der Waals surface area (Å²) in [6.07, 6.45) is 1.26. The van der Waals surface area contributed by atoms with Crippen LogP contribution in [0.1, 0.15) is 10.5 Å². The van der Waals surface area contributed by atoms with E-state index in [1.165, 1.54) is 6.33 Å². The smallest absolute Gasteiger partial charge is 0.356 e. The lowest BCUT2D eigenvalue weighted by atomic mass is 10.2. The van der Waals surface area contributed by atoms with Crippen LogP contribution in [0.5, 0.6) is 5.75 Å². The van der Waals surface area contributed by atoms with Crippen molar-refractivity contribution in [1.82, 2.24) is 20.1 Å². The van der Waals surface area contributed by atoms with E-state index in [1.54, 1.807) is 31.4 Å². The van der Waals surface area contributed by atoms with Gasteiger partial charge in [-0.15, -0.1) is 0 Å². The Labute approximate surface area is 118 Å². The Morgan fingerprint density at radius 2 is 2.29 bits per heavy atom. The Bertz CT molecular complexity index is 793. The topological polar surface area (TPSA) is 114 Å². The normalized spacial score (nSPS) is 10.5. The molecular weight excluding hydrogens is 276 g/mol. The van der Waals surface area contributed by atoms with E-state index in [1.807, 2.05) is 0 Å². The summed E-state index contributed by atoms with van der Waals surface area (Å²) in [4.78, 5) is 21.6. The van der Waals surface area contributed by atoms with Gasteiger partial charge in [0, 0.05) is 5.56 Å². The first-order chi connectivity index (χ1) is 10.2. The van der Waals surface area contributed by atoms with Crippen LogP contribution in [0.4, 0.5) is 0 Å². The first-order valence-electron chi connectivity index (χ1n) is 5.94. The van der Waals surface area contributed by atoms with Crippen LogP contribution < -0.4 is 4.74 Å². The summed E-state index contributed by atoms with van der Waals surface area (Å²) >= 11 is 0. The summed E-state index contributed by atoms with van der Waals surface area (Å²) in [6, 6.07) is 7.13. The van der Waals surface area contributed by atoms with E-state index < -0.39 is 5.97 Å². The first-order valence-corrected chi connectivity index (χ1v) is 5.94. The standard InChI is InChI=1S/C13H10N4O4/c1-20-8-4-2-3-7(5-8)11-16-12(21-17-11)9-10(13(18)19)15-6-14-9/h2-6H,1H3,(H,14,15)(H,18,19). The third-order valence-corrected chi connectivity index (χ3v) is 2.81. The molecule has 0 aliphatic carbocycles. The molecule has 0 atom stereocenters. The van der Waals surface area contributed by atoms with Crippen LogP contribution in [0, 0.1) is 0 Å². The second kappa shape index (κ2) is 5.08. The van der Waals surface area contributed by atoms with Gasteiger partial charge in [0.2, 0.25) is 5.82 Å². The van der Waals surface area contributed by atoms with Gasteiger partial charge in [-0.1, -0.05) is 17.3 Å². The van der Waals surface area contributed by atoms with Crippen LogP contribution in [0.15, 0.2) is 35.1 Å². The maximum Gasteiger partial charge on any atom is 0.356 e. The molecule has 0 fully saturated rings. The summed E-state index contributed by atoms with van der Waals surface area (Å²) < 4.78 is 10.2. The molecule has 0 amide bonds. The molecule has 0 radical (unpaired) electrons. The fraction of sp³-hybridized carbons (Fsp3) is 0.0769. The van der Waals surface area contributed by atoms with Crippen LogP contribution in [0.3, 0.4) is 0 Å². The second-order valence-corrected chi connectivity index (χ2v) is 4.09. The molecule has 106 valence electrons. The Balaban J connectivity index is 2.00. The Kier molecular flexibility index (Phi) is 3.11. The predicted octanol–water partition coefficient (Wildman–Crippen LogP) is 1.83. The van der Waals surface area contributed by atoms with Crippen molar-refractivity contribution in [3.05, 3.63) is 36.3 Å². The number of nitrogens with one attached hydrogen (secondary N) is 1. The molecule has 2 N–H and O–H groups in total. The number of nitrogens with zero attached hydrogens (tertiary/aromatic N) is 3. The fourth-order valence-electron chi connectivity index (χ4n) is 1.82. The van der Waals surface area contributed by atoms with Crippen LogP contribution in [-0.4, -0.2) is 38.3 Å². The van der Waals surface area contributed by atoms with E-state index >= 15 is 0 Å². The molecule has 0 spiro atoms. The highest BCUT2D eigenvalue weighted by Gasteiger charge is 2.20. The number of carboxylic acids is 1. The molecule has 3 aromatic rings. The lowest BCUT2D eigenvalue weighted by Crippen LogP contribution is -1.99. The molecule has 3 rings (SSSR count). The number of H-pyrrole nitrogens is 1. The number of imidazole rings is 1. The lowest BCUT2D eigenvalue weighted by Gasteiger charge is -1.99. The zero-order valence-electron chi connectivity index (χ0n) is 10.9. The van der Waals surface area contributed by atoms with E-state index in [-0.39, 0.29) is 17.3 Å². The van der Waals surface area contributed by atoms with Crippen molar-refractivity contribution in [3.63, 3.8) is 0 Å². The Morgan fingerprint density at radius 3 is 3.05 bits per heavy atom. The van der Waals surface area contributed by atoms with E-state index in [0.29, 0.717) is 17.1 Å². The third-order valence-electron chi connectivity index (χ3n) is 2.81. The number of ether oxygens (including phenoxy) is 1. The van der Waals surface area contributed by atoms with Crippen LogP contribution in [0.25, 0.3) is 23.0 Å². The molecule has 0 saturated carbocycles. The minimum Gasteiger partial charge on any atom is -0.497 e. The molecule has 0 aliphatic heterocycles. The van der Waals surface area contributed by atoms with Gasteiger partial charge in [-0.05, 0) is 12.1 Å². The summed E-state index contributed by atoms with van der Waals surface area (Å²) in [5.41, 5.74) is 0.695. The maximum atomic E-state index is 11.0. The molecule has 0 aliphatic rings. The zero-order valence-corrected chi connectivity index (χ0v) is 10.9. The highest BCUT2D eigenvalue weighted by Crippen LogP contribution is 2.25. The molecule has 0 bridgehead atoms. The van der Waals surface area contributed by atoms with Crippen LogP contribution >= 0.6 is 0 Å². The SMILES string of the molecule is COc1cccc(-c2noc(-c3[nH]cnc3C(=O)O)n2)c1. The van der Waals surface area contributed by atoms with Gasteiger partial charge >= 0.3 is 5.97 Å². The van der Waals surface area contributed by atoms with E-state index in [2.05, 4.69) is 20.1 Å². The molecule has 21 heavy (non-hydrogen) atoms. The molecule has 8 nitrogen and oxygen atoms in total. The van der Waals surface area contributed by atoms with Gasteiger partial charge in [0.1, 0.15) is 11.4 Å². The first kappa shape index (κ1) is 12.9. The molecule has 1 aromatic carbocycles. The summed E-state index contributed by atoms with van der Waals surface area (Å²) in [6.45, 7) is 0. The monoisotopic (exact) mass is 286 g/mol. The Hall–Kier alpha value is -3.16. The second-order valence-electron chi connectivity index (χ2n) is 4.09. The number of aromatic amines is 1. The number of aromatic carboxylic acids is 1. The average Bonchev–Trinajstić information content (AvgIpc) is 3.15. The van der Waals surface area contributed by atoms with Crippen molar-refractivity contribution in [2.75, 3.05) is 7.11 Å². The lowest BCUT2D eigenvalue weighted by molar-refractivity contribution is 0.0691. The fourth-order valence-corrected chi connectivity index (χ4v) is 1.82. The van der Waals surface area contributed by atoms with Gasteiger partial charge < -0.3 is 19.4 Å². The van der Waals surface area contributed by atoms with Gasteiger partial charge in [-0.2, -0.15) is 4.98 Å². The average molecular weight is 286 g/mol.